The summed E-state index contributed by atoms with van der Waals surface area (Å²) >= 11 is 0. The number of nitrogens with zero attached hydrogens (tertiary/aromatic N) is 3. The fourth-order valence-corrected chi connectivity index (χ4v) is 2.52. The summed E-state index contributed by atoms with van der Waals surface area (Å²) in [5.41, 5.74) is 3.33. The van der Waals surface area contributed by atoms with Crippen molar-refractivity contribution in [2.75, 3.05) is 19.0 Å². The Morgan fingerprint density at radius 2 is 2.14 bits per heavy atom. The molecule has 0 bridgehead atoms. The molecule has 146 valence electrons. The van der Waals surface area contributed by atoms with Crippen LogP contribution in [-0.2, 0) is 4.84 Å². The molecule has 3 rings (SSSR count). The lowest BCUT2D eigenvalue weighted by atomic mass is 10.1. The molecule has 0 atom stereocenters. The molecule has 7 nitrogen and oxygen atoms in total. The van der Waals surface area contributed by atoms with Crippen LogP contribution in [0.15, 0.2) is 53.9 Å². The zero-order chi connectivity index (χ0) is 20.1. The summed E-state index contributed by atoms with van der Waals surface area (Å²) in [5.74, 6) is 0. The highest BCUT2D eigenvalue weighted by molar-refractivity contribution is 5.90. The van der Waals surface area contributed by atoms with Gasteiger partial charge < -0.3 is 15.5 Å². The second-order valence-electron chi connectivity index (χ2n) is 5.75. The quantitative estimate of drug-likeness (QED) is 0.515. The Morgan fingerprint density at radius 3 is 2.89 bits per heavy atom. The molecule has 10 heteroatoms. The van der Waals surface area contributed by atoms with E-state index in [0.29, 0.717) is 11.3 Å². The van der Waals surface area contributed by atoms with Crippen molar-refractivity contribution < 1.29 is 22.8 Å². The molecule has 2 N–H and O–H groups in total. The van der Waals surface area contributed by atoms with Gasteiger partial charge in [0.05, 0.1) is 18.1 Å². The number of hydrogen-bond acceptors (Lipinski definition) is 4. The number of amides is 2. The summed E-state index contributed by atoms with van der Waals surface area (Å²) in [4.78, 5) is 20.6. The summed E-state index contributed by atoms with van der Waals surface area (Å²) in [7, 11) is 1.45. The lowest BCUT2D eigenvalue weighted by Crippen LogP contribution is -2.36. The van der Waals surface area contributed by atoms with Gasteiger partial charge >= 0.3 is 12.2 Å². The minimum atomic E-state index is -4.47. The Labute approximate surface area is 157 Å². The SMILES string of the molecule is CO/N=C/c1ccn2c(-c3cccc(NC(=O)NCC(F)(F)F)c3)cnc2c1. The van der Waals surface area contributed by atoms with E-state index >= 15 is 0 Å². The number of urea groups is 1. The van der Waals surface area contributed by atoms with Crippen molar-refractivity contribution >= 4 is 23.6 Å². The fourth-order valence-electron chi connectivity index (χ4n) is 2.52. The number of oxime groups is 1. The topological polar surface area (TPSA) is 80.0 Å². The second kappa shape index (κ2) is 7.99. The van der Waals surface area contributed by atoms with Gasteiger partial charge in [0.1, 0.15) is 19.3 Å². The molecule has 2 amide bonds. The number of fused-ring (bicyclic) bond motifs is 1. The van der Waals surface area contributed by atoms with Gasteiger partial charge in [0.25, 0.3) is 0 Å². The molecule has 0 saturated carbocycles. The Morgan fingerprint density at radius 1 is 1.32 bits per heavy atom. The van der Waals surface area contributed by atoms with Crippen LogP contribution in [-0.4, -0.2) is 41.5 Å². The van der Waals surface area contributed by atoms with Crippen LogP contribution in [0.2, 0.25) is 0 Å². The molecule has 0 fully saturated rings. The normalized spacial score (nSPS) is 11.7. The minimum Gasteiger partial charge on any atom is -0.399 e. The first-order chi connectivity index (χ1) is 13.4. The van der Waals surface area contributed by atoms with E-state index in [2.05, 4.69) is 20.3 Å². The smallest absolute Gasteiger partial charge is 0.399 e. The van der Waals surface area contributed by atoms with Crippen LogP contribution in [0.1, 0.15) is 5.56 Å². The van der Waals surface area contributed by atoms with Crippen molar-refractivity contribution in [3.63, 3.8) is 0 Å². The number of aromatic nitrogens is 2. The van der Waals surface area contributed by atoms with E-state index in [1.54, 1.807) is 35.9 Å². The van der Waals surface area contributed by atoms with Crippen molar-refractivity contribution in [2.24, 2.45) is 5.16 Å². The average Bonchev–Trinajstić information content (AvgIpc) is 3.07. The lowest BCUT2D eigenvalue weighted by Gasteiger charge is -2.10. The summed E-state index contributed by atoms with van der Waals surface area (Å²) in [5, 5.41) is 7.85. The van der Waals surface area contributed by atoms with Gasteiger partial charge in [0.2, 0.25) is 0 Å². The molecule has 0 spiro atoms. The predicted octanol–water partition coefficient (Wildman–Crippen LogP) is 3.67. The molecule has 0 aliphatic carbocycles. The van der Waals surface area contributed by atoms with E-state index in [4.69, 9.17) is 0 Å². The average molecular weight is 391 g/mol. The van der Waals surface area contributed by atoms with Crippen molar-refractivity contribution in [1.29, 1.82) is 0 Å². The van der Waals surface area contributed by atoms with Crippen molar-refractivity contribution in [3.05, 3.63) is 54.4 Å². The first kappa shape index (κ1) is 19.2. The Hall–Kier alpha value is -3.56. The number of alkyl halides is 3. The van der Waals surface area contributed by atoms with E-state index < -0.39 is 18.8 Å². The molecule has 0 aliphatic heterocycles. The van der Waals surface area contributed by atoms with Crippen LogP contribution < -0.4 is 10.6 Å². The molecule has 0 aliphatic rings. The maximum atomic E-state index is 12.2. The third kappa shape index (κ3) is 4.78. The number of imidazole rings is 1. The summed E-state index contributed by atoms with van der Waals surface area (Å²) in [6, 6.07) is 9.44. The number of nitrogens with one attached hydrogen (secondary N) is 2. The highest BCUT2D eigenvalue weighted by Crippen LogP contribution is 2.24. The number of carbonyl (C=O) groups is 1. The largest absolute Gasteiger partial charge is 0.405 e. The van der Waals surface area contributed by atoms with E-state index in [9.17, 15) is 18.0 Å². The number of pyridine rings is 1. The van der Waals surface area contributed by atoms with Gasteiger partial charge in [-0.2, -0.15) is 13.2 Å². The van der Waals surface area contributed by atoms with Gasteiger partial charge in [-0.3, -0.25) is 4.40 Å². The minimum absolute atomic E-state index is 0.357. The van der Waals surface area contributed by atoms with Crippen LogP contribution >= 0.6 is 0 Å². The molecule has 28 heavy (non-hydrogen) atoms. The molecule has 0 radical (unpaired) electrons. The van der Waals surface area contributed by atoms with Gasteiger partial charge in [-0.25, -0.2) is 9.78 Å². The van der Waals surface area contributed by atoms with Gasteiger partial charge in [-0.05, 0) is 24.3 Å². The molecule has 1 aromatic carbocycles. The Kier molecular flexibility index (Phi) is 5.48. The predicted molar refractivity (Wildman–Crippen MR) is 98.3 cm³/mol. The third-order valence-corrected chi connectivity index (χ3v) is 3.71. The second-order valence-corrected chi connectivity index (χ2v) is 5.75. The van der Waals surface area contributed by atoms with E-state index in [1.807, 2.05) is 28.8 Å². The van der Waals surface area contributed by atoms with E-state index in [0.717, 1.165) is 16.8 Å². The van der Waals surface area contributed by atoms with Crippen molar-refractivity contribution in [2.45, 2.75) is 6.18 Å². The zero-order valence-electron chi connectivity index (χ0n) is 14.7. The van der Waals surface area contributed by atoms with Gasteiger partial charge in [-0.15, -0.1) is 0 Å². The monoisotopic (exact) mass is 391 g/mol. The maximum Gasteiger partial charge on any atom is 0.405 e. The fraction of sp³-hybridized carbons (Fsp3) is 0.167. The first-order valence-electron chi connectivity index (χ1n) is 8.11. The molecule has 2 aromatic heterocycles. The zero-order valence-corrected chi connectivity index (χ0v) is 14.7. The first-order valence-corrected chi connectivity index (χ1v) is 8.11. The maximum absolute atomic E-state index is 12.2. The van der Waals surface area contributed by atoms with Crippen molar-refractivity contribution in [1.82, 2.24) is 14.7 Å². The summed E-state index contributed by atoms with van der Waals surface area (Å²) < 4.78 is 38.4. The van der Waals surface area contributed by atoms with Gasteiger partial charge in [0.15, 0.2) is 0 Å². The Balaban J connectivity index is 1.80. The standard InChI is InChI=1S/C18H16F3N5O2/c1-28-24-9-12-5-6-26-15(10-22-16(26)7-12)13-3-2-4-14(8-13)25-17(27)23-11-18(19,20)21/h2-10H,11H2,1H3,(H2,23,25,27)/b24-9+. The van der Waals surface area contributed by atoms with Crippen LogP contribution in [0.25, 0.3) is 16.9 Å². The van der Waals surface area contributed by atoms with E-state index in [-0.39, 0.29) is 0 Å². The number of rotatable bonds is 5. The highest BCUT2D eigenvalue weighted by Gasteiger charge is 2.27. The molecule has 0 unspecified atom stereocenters. The lowest BCUT2D eigenvalue weighted by molar-refractivity contribution is -0.122. The van der Waals surface area contributed by atoms with Gasteiger partial charge in [-0.1, -0.05) is 17.3 Å². The number of anilines is 1. The van der Waals surface area contributed by atoms with Gasteiger partial charge in [0, 0.05) is 23.0 Å². The number of benzene rings is 1. The summed E-state index contributed by atoms with van der Waals surface area (Å²) in [6.45, 7) is -1.40. The van der Waals surface area contributed by atoms with E-state index in [1.165, 1.54) is 7.11 Å². The highest BCUT2D eigenvalue weighted by atomic mass is 19.4. The summed E-state index contributed by atoms with van der Waals surface area (Å²) in [6.07, 6.45) is 0.557. The van der Waals surface area contributed by atoms with Crippen molar-refractivity contribution in [3.8, 4) is 11.3 Å². The number of hydrogen-bond donors (Lipinski definition) is 2. The molecule has 2 heterocycles. The van der Waals surface area contributed by atoms with Crippen LogP contribution in [0, 0.1) is 0 Å². The number of halogens is 3. The van der Waals surface area contributed by atoms with Crippen LogP contribution in [0.4, 0.5) is 23.7 Å². The number of carbonyl (C=O) groups excluding carboxylic acids is 1. The molecule has 3 aromatic rings. The Bertz CT molecular complexity index is 1010. The molecular formula is C18H16F3N5O2. The molecule has 0 saturated heterocycles. The van der Waals surface area contributed by atoms with Crippen LogP contribution in [0.3, 0.4) is 0 Å². The third-order valence-electron chi connectivity index (χ3n) is 3.71. The molecular weight excluding hydrogens is 375 g/mol. The van der Waals surface area contributed by atoms with Crippen LogP contribution in [0.5, 0.6) is 0 Å².